The second kappa shape index (κ2) is 5.18. The van der Waals surface area contributed by atoms with Crippen LogP contribution < -0.4 is 4.74 Å². The van der Waals surface area contributed by atoms with E-state index in [1.165, 1.54) is 0 Å². The Morgan fingerprint density at radius 3 is 2.86 bits per heavy atom. The van der Waals surface area contributed by atoms with Gasteiger partial charge in [-0.1, -0.05) is 18.2 Å². The second-order valence-corrected chi connectivity index (χ2v) is 4.99. The molecule has 108 valence electrons. The minimum absolute atomic E-state index is 0.570. The maximum Gasteiger partial charge on any atom is 0.217 e. The van der Waals surface area contributed by atoms with Crippen LogP contribution in [0.1, 0.15) is 22.9 Å². The number of rotatable bonds is 3. The normalized spacial score (nSPS) is 12.6. The first-order valence-electron chi connectivity index (χ1n) is 6.72. The third-order valence-corrected chi connectivity index (χ3v) is 3.63. The molecule has 2 heterocycles. The highest BCUT2D eigenvalue weighted by Gasteiger charge is 2.23. The largest absolute Gasteiger partial charge is 0.481 e. The first-order chi connectivity index (χ1) is 10.1. The minimum atomic E-state index is -0.792. The molecule has 0 fully saturated rings. The van der Waals surface area contributed by atoms with Crippen LogP contribution in [0.25, 0.3) is 10.9 Å². The smallest absolute Gasteiger partial charge is 0.217 e. The zero-order valence-electron chi connectivity index (χ0n) is 12.2. The van der Waals surface area contributed by atoms with Crippen molar-refractivity contribution in [2.24, 2.45) is 7.05 Å². The minimum Gasteiger partial charge on any atom is -0.481 e. The summed E-state index contributed by atoms with van der Waals surface area (Å²) in [5.41, 5.74) is 3.07. The van der Waals surface area contributed by atoms with Crippen LogP contribution in [-0.2, 0) is 7.05 Å². The van der Waals surface area contributed by atoms with E-state index in [2.05, 4.69) is 10.1 Å². The Bertz CT molecular complexity index is 795. The van der Waals surface area contributed by atoms with Gasteiger partial charge in [0.25, 0.3) is 0 Å². The van der Waals surface area contributed by atoms with Gasteiger partial charge in [-0.3, -0.25) is 4.98 Å². The number of methoxy groups -OCH3 is 1. The molecule has 21 heavy (non-hydrogen) atoms. The number of fused-ring (bicyclic) bond motifs is 1. The quantitative estimate of drug-likeness (QED) is 0.801. The maximum absolute atomic E-state index is 10.7. The van der Waals surface area contributed by atoms with Crippen molar-refractivity contribution >= 4 is 10.9 Å². The van der Waals surface area contributed by atoms with Gasteiger partial charge in [0, 0.05) is 18.6 Å². The molecule has 5 heteroatoms. The van der Waals surface area contributed by atoms with Crippen LogP contribution in [0, 0.1) is 6.92 Å². The fraction of sp³-hybridized carbons (Fsp3) is 0.250. The highest BCUT2D eigenvalue weighted by atomic mass is 16.5. The van der Waals surface area contributed by atoms with Crippen LogP contribution in [0.5, 0.6) is 5.88 Å². The van der Waals surface area contributed by atoms with Crippen LogP contribution in [0.4, 0.5) is 0 Å². The van der Waals surface area contributed by atoms with Crippen molar-refractivity contribution in [3.05, 3.63) is 53.3 Å². The summed E-state index contributed by atoms with van der Waals surface area (Å²) in [6, 6.07) is 9.65. The highest BCUT2D eigenvalue weighted by Crippen LogP contribution is 2.33. The van der Waals surface area contributed by atoms with Crippen molar-refractivity contribution in [3.63, 3.8) is 0 Å². The lowest BCUT2D eigenvalue weighted by molar-refractivity contribution is 0.213. The molecule has 0 amide bonds. The number of benzene rings is 1. The molecular formula is C16H17N3O2. The zero-order chi connectivity index (χ0) is 15.0. The lowest BCUT2D eigenvalue weighted by Gasteiger charge is -2.13. The van der Waals surface area contributed by atoms with E-state index in [1.807, 2.05) is 37.3 Å². The predicted molar refractivity (Wildman–Crippen MR) is 80.3 cm³/mol. The van der Waals surface area contributed by atoms with Crippen molar-refractivity contribution in [2.45, 2.75) is 13.0 Å². The molecule has 0 saturated heterocycles. The van der Waals surface area contributed by atoms with E-state index >= 15 is 0 Å². The summed E-state index contributed by atoms with van der Waals surface area (Å²) in [5, 5.41) is 16.0. The van der Waals surface area contributed by atoms with Gasteiger partial charge < -0.3 is 9.84 Å². The molecule has 2 aromatic heterocycles. The van der Waals surface area contributed by atoms with E-state index < -0.39 is 6.10 Å². The number of hydrogen-bond acceptors (Lipinski definition) is 4. The van der Waals surface area contributed by atoms with Crippen molar-refractivity contribution < 1.29 is 9.84 Å². The summed E-state index contributed by atoms with van der Waals surface area (Å²) in [6.45, 7) is 1.86. The molecular weight excluding hydrogens is 266 g/mol. The molecule has 5 nitrogen and oxygen atoms in total. The topological polar surface area (TPSA) is 60.2 Å². The first kappa shape index (κ1) is 13.6. The number of hydrogen-bond donors (Lipinski definition) is 1. The molecule has 0 aliphatic heterocycles. The number of aliphatic hydroxyl groups is 1. The van der Waals surface area contributed by atoms with E-state index in [9.17, 15) is 5.11 Å². The van der Waals surface area contributed by atoms with Gasteiger partial charge >= 0.3 is 0 Å². The summed E-state index contributed by atoms with van der Waals surface area (Å²) in [4.78, 5) is 4.32. The lowest BCUT2D eigenvalue weighted by atomic mass is 10.0. The zero-order valence-corrected chi connectivity index (χ0v) is 12.2. The summed E-state index contributed by atoms with van der Waals surface area (Å²) < 4.78 is 6.98. The standard InChI is InChI=1S/C16H17N3O2/c1-10-14(16(21-3)19(2)18-10)15(20)12-7-6-11-5-4-8-17-13(11)9-12/h4-9,15,20H,1-3H3. The highest BCUT2D eigenvalue weighted by molar-refractivity contribution is 5.79. The molecule has 0 radical (unpaired) electrons. The van der Waals surface area contributed by atoms with Crippen molar-refractivity contribution in [1.82, 2.24) is 14.8 Å². The van der Waals surface area contributed by atoms with E-state index in [-0.39, 0.29) is 0 Å². The third-order valence-electron chi connectivity index (χ3n) is 3.63. The lowest BCUT2D eigenvalue weighted by Crippen LogP contribution is -2.04. The van der Waals surface area contributed by atoms with Gasteiger partial charge in [-0.2, -0.15) is 5.10 Å². The molecule has 1 atom stereocenters. The number of aliphatic hydroxyl groups excluding tert-OH is 1. The summed E-state index contributed by atoms with van der Waals surface area (Å²) in [7, 11) is 3.37. The molecule has 0 spiro atoms. The van der Waals surface area contributed by atoms with Crippen molar-refractivity contribution in [1.29, 1.82) is 0 Å². The average molecular weight is 283 g/mol. The van der Waals surface area contributed by atoms with Crippen LogP contribution in [0.3, 0.4) is 0 Å². The Kier molecular flexibility index (Phi) is 3.35. The fourth-order valence-electron chi connectivity index (χ4n) is 2.63. The van der Waals surface area contributed by atoms with Gasteiger partial charge in [-0.05, 0) is 24.6 Å². The van der Waals surface area contributed by atoms with Crippen molar-refractivity contribution in [2.75, 3.05) is 7.11 Å². The molecule has 3 aromatic rings. The Labute approximate surface area is 122 Å². The van der Waals surface area contributed by atoms with Gasteiger partial charge in [0.2, 0.25) is 5.88 Å². The average Bonchev–Trinajstić information content (AvgIpc) is 2.79. The molecule has 1 N–H and O–H groups in total. The Balaban J connectivity index is 2.10. The van der Waals surface area contributed by atoms with Gasteiger partial charge in [0.15, 0.2) is 0 Å². The molecule has 1 unspecified atom stereocenters. The Morgan fingerprint density at radius 1 is 1.29 bits per heavy atom. The van der Waals surface area contributed by atoms with Gasteiger partial charge in [-0.25, -0.2) is 4.68 Å². The SMILES string of the molecule is COc1c(C(O)c2ccc3cccnc3c2)c(C)nn1C. The number of aryl methyl sites for hydroxylation is 2. The number of nitrogens with zero attached hydrogens (tertiary/aromatic N) is 3. The van der Waals surface area contributed by atoms with Crippen LogP contribution in [0.2, 0.25) is 0 Å². The summed E-state index contributed by atoms with van der Waals surface area (Å²) in [6.07, 6.45) is 0.953. The predicted octanol–water partition coefficient (Wildman–Crippen LogP) is 2.37. The van der Waals surface area contributed by atoms with Gasteiger partial charge in [-0.15, -0.1) is 0 Å². The molecule has 3 rings (SSSR count). The Morgan fingerprint density at radius 2 is 2.10 bits per heavy atom. The number of pyridine rings is 1. The number of ether oxygens (including phenoxy) is 1. The third kappa shape index (κ3) is 2.25. The van der Waals surface area contributed by atoms with E-state index in [0.717, 1.165) is 22.2 Å². The fourth-order valence-corrected chi connectivity index (χ4v) is 2.63. The molecule has 0 aliphatic rings. The molecule has 1 aromatic carbocycles. The molecule has 0 saturated carbocycles. The van der Waals surface area contributed by atoms with Crippen LogP contribution >= 0.6 is 0 Å². The van der Waals surface area contributed by atoms with Gasteiger partial charge in [0.05, 0.1) is 23.9 Å². The van der Waals surface area contributed by atoms with E-state index in [1.54, 1.807) is 25.0 Å². The monoisotopic (exact) mass is 283 g/mol. The van der Waals surface area contributed by atoms with Crippen LogP contribution in [0.15, 0.2) is 36.5 Å². The molecule has 0 bridgehead atoms. The number of aromatic nitrogens is 3. The molecule has 0 aliphatic carbocycles. The van der Waals surface area contributed by atoms with E-state index in [4.69, 9.17) is 4.74 Å². The van der Waals surface area contributed by atoms with Crippen LogP contribution in [-0.4, -0.2) is 27.0 Å². The van der Waals surface area contributed by atoms with E-state index in [0.29, 0.717) is 11.4 Å². The van der Waals surface area contributed by atoms with Crippen molar-refractivity contribution in [3.8, 4) is 5.88 Å². The maximum atomic E-state index is 10.7. The Hall–Kier alpha value is -2.40. The first-order valence-corrected chi connectivity index (χ1v) is 6.72. The summed E-state index contributed by atoms with van der Waals surface area (Å²) >= 11 is 0. The summed E-state index contributed by atoms with van der Waals surface area (Å²) in [5.74, 6) is 0.570. The second-order valence-electron chi connectivity index (χ2n) is 4.99. The van der Waals surface area contributed by atoms with Gasteiger partial charge in [0.1, 0.15) is 6.10 Å².